The summed E-state index contributed by atoms with van der Waals surface area (Å²) in [6.45, 7) is 9.54. The largest absolute Gasteiger partial charge is 0.208 e. The molecule has 2 aliphatic carbocycles. The van der Waals surface area contributed by atoms with Gasteiger partial charge in [-0.15, -0.1) is 22.7 Å². The van der Waals surface area contributed by atoms with Gasteiger partial charge in [0.15, 0.2) is 34.9 Å². The molecule has 0 unspecified atom stereocenters. The Balaban J connectivity index is 0.635. The van der Waals surface area contributed by atoms with Gasteiger partial charge < -0.3 is 0 Å². The minimum Gasteiger partial charge on any atom is -0.208 e. The second-order valence-corrected chi connectivity index (χ2v) is 35.2. The minimum atomic E-state index is -0.417. The van der Waals surface area contributed by atoms with E-state index in [4.69, 9.17) is 29.9 Å². The van der Waals surface area contributed by atoms with Gasteiger partial charge in [-0.05, 0) is 170 Å². The van der Waals surface area contributed by atoms with Gasteiger partial charge in [0.25, 0.3) is 0 Å². The maximum atomic E-state index is 5.59. The zero-order valence-electron chi connectivity index (χ0n) is 67.5. The summed E-state index contributed by atoms with van der Waals surface area (Å²) in [5.41, 5.74) is 33.7. The van der Waals surface area contributed by atoms with Gasteiger partial charge in [0, 0.05) is 90.1 Å². The first-order chi connectivity index (χ1) is 60.0. The van der Waals surface area contributed by atoms with E-state index in [1.807, 2.05) is 46.9 Å². The molecule has 8 heteroatoms. The van der Waals surface area contributed by atoms with Crippen molar-refractivity contribution in [2.24, 2.45) is 0 Å². The summed E-state index contributed by atoms with van der Waals surface area (Å²) < 4.78 is 4.81. The maximum absolute atomic E-state index is 5.59. The first kappa shape index (κ1) is 72.4. The Labute approximate surface area is 716 Å². The maximum Gasteiger partial charge on any atom is 0.164 e. The smallest absolute Gasteiger partial charge is 0.164 e. The molecule has 0 atom stereocenters. The van der Waals surface area contributed by atoms with Gasteiger partial charge in [-0.2, -0.15) is 0 Å². The predicted molar refractivity (Wildman–Crippen MR) is 510 cm³/mol. The molecule has 0 fully saturated rings. The van der Waals surface area contributed by atoms with Crippen LogP contribution in [-0.2, 0) is 10.8 Å². The zero-order valence-corrected chi connectivity index (χ0v) is 69.1. The Kier molecular flexibility index (Phi) is 17.2. The van der Waals surface area contributed by atoms with E-state index in [9.17, 15) is 0 Å². The standard InChI is InChI=1S/C114H76N6S2/c1-113(2)96-47-20-19-38-86(96)88-43-22-41-84(104(88)113)80-35-21-36-81(65-80)110-116-108(77-33-15-8-16-34-77)119-112(120-110)92-46-26-50-100-103(92)95-68-82(74-57-53-72(54-58-74)70-29-11-6-12-30-70)67-93(106(95)122-100)89-44-23-45-91-101-83(40-24-48-97(101)114(3,4)105(89)91)75-59-61-78(62-60-75)109-115-107(76-31-13-7-14-32-76)117-111(118-109)90-39-18-17-37-85(90)87-42-25-49-99-102(87)94-66-79(63-64-98(94)121-99)73-55-51-71(52-56-73)69-27-9-5-10-28-69/h5-68H,1-4H3. The van der Waals surface area contributed by atoms with Crippen molar-refractivity contribution in [3.05, 3.63) is 411 Å². The average molecular weight is 1590 g/mol. The molecule has 6 nitrogen and oxygen atoms in total. The number of nitrogens with zero attached hydrogens (tertiary/aromatic N) is 6. The third-order valence-electron chi connectivity index (χ3n) is 25.2. The lowest BCUT2D eigenvalue weighted by Crippen LogP contribution is -2.16. The van der Waals surface area contributed by atoms with Gasteiger partial charge >= 0.3 is 0 Å². The summed E-state index contributed by atoms with van der Waals surface area (Å²) >= 11 is 3.68. The van der Waals surface area contributed by atoms with Crippen LogP contribution in [0.3, 0.4) is 0 Å². The Bertz CT molecular complexity index is 7760. The molecule has 23 rings (SSSR count). The molecule has 0 radical (unpaired) electrons. The van der Waals surface area contributed by atoms with Gasteiger partial charge in [0.05, 0.1) is 0 Å². The molecule has 0 aliphatic heterocycles. The third-order valence-corrected chi connectivity index (χ3v) is 27.6. The van der Waals surface area contributed by atoms with Crippen molar-refractivity contribution >= 4 is 63.0 Å². The van der Waals surface area contributed by atoms with E-state index in [0.29, 0.717) is 34.9 Å². The third kappa shape index (κ3) is 12.2. The molecule has 0 N–H and O–H groups in total. The van der Waals surface area contributed by atoms with Crippen molar-refractivity contribution in [3.8, 4) is 180 Å². The molecule has 2 aliphatic rings. The summed E-state index contributed by atoms with van der Waals surface area (Å²) in [4.78, 5) is 32.6. The number of fused-ring (bicyclic) bond motifs is 12. The van der Waals surface area contributed by atoms with Crippen LogP contribution in [0.4, 0.5) is 0 Å². The second kappa shape index (κ2) is 29.0. The van der Waals surface area contributed by atoms with Gasteiger partial charge in [-0.1, -0.05) is 373 Å². The van der Waals surface area contributed by atoms with Gasteiger partial charge in [0.2, 0.25) is 0 Å². The number of benzene rings is 17. The highest BCUT2D eigenvalue weighted by Crippen LogP contribution is 2.58. The Hall–Kier alpha value is -14.8. The quantitative estimate of drug-likeness (QED) is 0.108. The van der Waals surface area contributed by atoms with Gasteiger partial charge in [0.1, 0.15) is 0 Å². The molecule has 0 spiro atoms. The molecule has 4 aromatic heterocycles. The highest BCUT2D eigenvalue weighted by Gasteiger charge is 2.41. The van der Waals surface area contributed by atoms with Gasteiger partial charge in [-0.3, -0.25) is 0 Å². The van der Waals surface area contributed by atoms with E-state index in [0.717, 1.165) is 87.8 Å². The van der Waals surface area contributed by atoms with Crippen LogP contribution in [0.1, 0.15) is 49.9 Å². The van der Waals surface area contributed by atoms with Crippen molar-refractivity contribution in [1.82, 2.24) is 29.9 Å². The molecule has 17 aromatic carbocycles. The number of rotatable bonds is 14. The first-order valence-electron chi connectivity index (χ1n) is 41.7. The molecule has 4 heterocycles. The van der Waals surface area contributed by atoms with E-state index < -0.39 is 5.41 Å². The van der Waals surface area contributed by atoms with Crippen LogP contribution < -0.4 is 0 Å². The SMILES string of the molecule is CC1(C)c2ccccc2-c2cccc(-c3cccc(-c4nc(-c5ccccc5)nc(-c5cccc6sc7c(-c8cccc9c8C(C)(C)c8cccc(-c%10ccc(-c%11nc(-c%12ccccc%12)nc(-c%12ccccc%12-c%12cccc%13sc%14ccc(-c%15ccc(-c%16ccccc%16)cc%15)cc%14c%12%13)n%11)cc%10)c8-9)cc(-c8ccc(-c9ccccc9)cc8)cc7c56)n4)c3)c21. The molecule has 0 bridgehead atoms. The van der Waals surface area contributed by atoms with Crippen LogP contribution in [0.2, 0.25) is 0 Å². The monoisotopic (exact) mass is 1590 g/mol. The zero-order chi connectivity index (χ0) is 81.3. The van der Waals surface area contributed by atoms with E-state index in [-0.39, 0.29) is 5.41 Å². The summed E-state index contributed by atoms with van der Waals surface area (Å²) in [5, 5.41) is 4.69. The lowest BCUT2D eigenvalue weighted by Gasteiger charge is -2.25. The van der Waals surface area contributed by atoms with Crippen LogP contribution in [0.15, 0.2) is 388 Å². The first-order valence-corrected chi connectivity index (χ1v) is 43.3. The number of hydrogen-bond donors (Lipinski definition) is 0. The Morgan fingerprint density at radius 3 is 1.20 bits per heavy atom. The number of aromatic nitrogens is 6. The average Bonchev–Trinajstić information content (AvgIpc) is 1.68. The van der Waals surface area contributed by atoms with E-state index in [1.165, 1.54) is 119 Å². The van der Waals surface area contributed by atoms with Crippen LogP contribution in [0.25, 0.3) is 220 Å². The van der Waals surface area contributed by atoms with Crippen LogP contribution >= 0.6 is 22.7 Å². The molecule has 0 saturated heterocycles. The highest BCUT2D eigenvalue weighted by molar-refractivity contribution is 7.26. The normalized spacial score (nSPS) is 12.9. The Morgan fingerprint density at radius 2 is 0.557 bits per heavy atom. The van der Waals surface area contributed by atoms with Crippen LogP contribution in [0.5, 0.6) is 0 Å². The van der Waals surface area contributed by atoms with E-state index >= 15 is 0 Å². The topological polar surface area (TPSA) is 77.3 Å². The number of thiophene rings is 2. The van der Waals surface area contributed by atoms with Gasteiger partial charge in [-0.25, -0.2) is 29.9 Å². The lowest BCUT2D eigenvalue weighted by atomic mass is 9.78. The minimum absolute atomic E-state index is 0.199. The summed E-state index contributed by atoms with van der Waals surface area (Å²) in [7, 11) is 0. The van der Waals surface area contributed by atoms with Crippen molar-refractivity contribution in [2.45, 2.75) is 38.5 Å². The molecule has 0 saturated carbocycles. The van der Waals surface area contributed by atoms with E-state index in [2.05, 4.69) is 392 Å². The molecule has 122 heavy (non-hydrogen) atoms. The molecule has 21 aromatic rings. The van der Waals surface area contributed by atoms with E-state index in [1.54, 1.807) is 0 Å². The summed E-state index contributed by atoms with van der Waals surface area (Å²) in [6, 6.07) is 141. The fourth-order valence-electron chi connectivity index (χ4n) is 19.4. The Morgan fingerprint density at radius 1 is 0.189 bits per heavy atom. The highest BCUT2D eigenvalue weighted by atomic mass is 32.1. The lowest BCUT2D eigenvalue weighted by molar-refractivity contribution is 0.662. The summed E-state index contributed by atoms with van der Waals surface area (Å²) in [6.07, 6.45) is 0. The van der Waals surface area contributed by atoms with Crippen LogP contribution in [-0.4, -0.2) is 29.9 Å². The predicted octanol–water partition coefficient (Wildman–Crippen LogP) is 30.7. The van der Waals surface area contributed by atoms with Crippen molar-refractivity contribution < 1.29 is 0 Å². The summed E-state index contributed by atoms with van der Waals surface area (Å²) in [5.74, 6) is 3.65. The molecule has 574 valence electrons. The molecular weight excluding hydrogens is 1520 g/mol. The van der Waals surface area contributed by atoms with Crippen molar-refractivity contribution in [3.63, 3.8) is 0 Å². The second-order valence-electron chi connectivity index (χ2n) is 33.1. The van der Waals surface area contributed by atoms with Crippen molar-refractivity contribution in [1.29, 1.82) is 0 Å². The molecule has 0 amide bonds. The molecular formula is C114H76N6S2. The van der Waals surface area contributed by atoms with Crippen LogP contribution in [0, 0.1) is 0 Å². The number of hydrogen-bond acceptors (Lipinski definition) is 8. The van der Waals surface area contributed by atoms with Crippen molar-refractivity contribution in [2.75, 3.05) is 0 Å². The fourth-order valence-corrected chi connectivity index (χ4v) is 21.7. The fraction of sp³-hybridized carbons (Fsp3) is 0.0526.